The van der Waals surface area contributed by atoms with Gasteiger partial charge in [-0.05, 0) is 36.4 Å². The highest BCUT2D eigenvalue weighted by atomic mass is 32.2. The molecule has 0 aliphatic heterocycles. The Hall–Kier alpha value is -2.60. The molecular formula is C15H13F3N2O5S2. The van der Waals surface area contributed by atoms with E-state index in [9.17, 15) is 34.8 Å². The Balaban J connectivity index is 2.26. The zero-order valence-corrected chi connectivity index (χ0v) is 15.2. The van der Waals surface area contributed by atoms with Crippen LogP contribution in [0.1, 0.15) is 10.4 Å². The van der Waals surface area contributed by atoms with E-state index in [4.69, 9.17) is 0 Å². The summed E-state index contributed by atoms with van der Waals surface area (Å²) in [5.41, 5.74) is -5.37. The van der Waals surface area contributed by atoms with Crippen molar-refractivity contribution >= 4 is 37.1 Å². The van der Waals surface area contributed by atoms with E-state index in [1.165, 1.54) is 24.3 Å². The molecule has 27 heavy (non-hydrogen) atoms. The van der Waals surface area contributed by atoms with Crippen LogP contribution in [0.5, 0.6) is 0 Å². The van der Waals surface area contributed by atoms with Crippen molar-refractivity contribution in [3.8, 4) is 0 Å². The molecule has 2 rings (SSSR count). The summed E-state index contributed by atoms with van der Waals surface area (Å²) in [6.45, 7) is 0. The van der Waals surface area contributed by atoms with Crippen LogP contribution in [0.4, 0.5) is 24.5 Å². The Kier molecular flexibility index (Phi) is 5.52. The molecule has 2 N–H and O–H groups in total. The number of carbonyl (C=O) groups is 1. The van der Waals surface area contributed by atoms with Crippen molar-refractivity contribution in [1.29, 1.82) is 0 Å². The fraction of sp³-hybridized carbons (Fsp3) is 0.133. The number of sulfone groups is 1. The molecule has 0 saturated heterocycles. The highest BCUT2D eigenvalue weighted by molar-refractivity contribution is 7.92. The first kappa shape index (κ1) is 20.7. The predicted octanol–water partition coefficient (Wildman–Crippen LogP) is 2.60. The molecule has 7 nitrogen and oxygen atoms in total. The standard InChI is InChI=1S/C15H13F3N2O5S2/c1-26(22,23)20-13-5-3-2-4-12(13)19-14(21)10-6-8-11(9-7-10)27(24,25)15(16,17)18/h2-9,20H,1H3,(H,19,21). The normalized spacial score (nSPS) is 12.4. The maximum atomic E-state index is 12.5. The van der Waals surface area contributed by atoms with E-state index in [2.05, 4.69) is 10.0 Å². The van der Waals surface area contributed by atoms with Gasteiger partial charge in [-0.15, -0.1) is 0 Å². The number of benzene rings is 2. The van der Waals surface area contributed by atoms with E-state index >= 15 is 0 Å². The van der Waals surface area contributed by atoms with E-state index in [-0.39, 0.29) is 16.9 Å². The van der Waals surface area contributed by atoms with Gasteiger partial charge >= 0.3 is 5.51 Å². The number of hydrogen-bond acceptors (Lipinski definition) is 5. The van der Waals surface area contributed by atoms with Crippen molar-refractivity contribution in [2.75, 3.05) is 16.3 Å². The molecule has 12 heteroatoms. The summed E-state index contributed by atoms with van der Waals surface area (Å²) in [5, 5.41) is 2.40. The first-order chi connectivity index (χ1) is 12.3. The van der Waals surface area contributed by atoms with Crippen molar-refractivity contribution in [1.82, 2.24) is 0 Å². The van der Waals surface area contributed by atoms with Crippen molar-refractivity contribution in [3.63, 3.8) is 0 Å². The van der Waals surface area contributed by atoms with Gasteiger partial charge in [0.05, 0.1) is 22.5 Å². The second-order valence-electron chi connectivity index (χ2n) is 5.35. The molecule has 0 saturated carbocycles. The van der Waals surface area contributed by atoms with Crippen LogP contribution in [0.3, 0.4) is 0 Å². The first-order valence-corrected chi connectivity index (χ1v) is 10.5. The molecule has 0 spiro atoms. The van der Waals surface area contributed by atoms with Crippen molar-refractivity contribution < 1.29 is 34.8 Å². The monoisotopic (exact) mass is 422 g/mol. The van der Waals surface area contributed by atoms with Crippen LogP contribution in [-0.2, 0) is 19.9 Å². The van der Waals surface area contributed by atoms with Gasteiger partial charge in [0.2, 0.25) is 10.0 Å². The van der Waals surface area contributed by atoms with Gasteiger partial charge in [0, 0.05) is 5.56 Å². The molecule has 0 aliphatic carbocycles. The number of nitrogens with one attached hydrogen (secondary N) is 2. The maximum absolute atomic E-state index is 12.5. The smallest absolute Gasteiger partial charge is 0.320 e. The van der Waals surface area contributed by atoms with Gasteiger partial charge in [-0.3, -0.25) is 9.52 Å². The average molecular weight is 422 g/mol. The lowest BCUT2D eigenvalue weighted by atomic mass is 10.2. The van der Waals surface area contributed by atoms with Crippen LogP contribution in [0.25, 0.3) is 0 Å². The number of hydrogen-bond donors (Lipinski definition) is 2. The molecule has 1 amide bonds. The van der Waals surface area contributed by atoms with Crippen LogP contribution >= 0.6 is 0 Å². The van der Waals surface area contributed by atoms with E-state index in [0.717, 1.165) is 18.4 Å². The molecule has 2 aromatic rings. The Morgan fingerprint density at radius 1 is 0.889 bits per heavy atom. The number of anilines is 2. The molecule has 0 heterocycles. The number of rotatable bonds is 5. The van der Waals surface area contributed by atoms with Crippen LogP contribution in [0.15, 0.2) is 53.4 Å². The predicted molar refractivity (Wildman–Crippen MR) is 92.5 cm³/mol. The highest BCUT2D eigenvalue weighted by Crippen LogP contribution is 2.30. The minimum Gasteiger partial charge on any atom is -0.320 e. The fourth-order valence-corrected chi connectivity index (χ4v) is 3.33. The Bertz CT molecular complexity index is 1060. The highest BCUT2D eigenvalue weighted by Gasteiger charge is 2.46. The second kappa shape index (κ2) is 7.19. The Morgan fingerprint density at radius 3 is 1.89 bits per heavy atom. The van der Waals surface area contributed by atoms with Gasteiger partial charge in [-0.25, -0.2) is 16.8 Å². The largest absolute Gasteiger partial charge is 0.501 e. The molecule has 0 aliphatic rings. The quantitative estimate of drug-likeness (QED) is 0.770. The molecular weight excluding hydrogens is 409 g/mol. The molecule has 0 radical (unpaired) electrons. The summed E-state index contributed by atoms with van der Waals surface area (Å²) in [5.74, 6) is -0.770. The molecule has 0 fully saturated rings. The summed E-state index contributed by atoms with van der Waals surface area (Å²) in [7, 11) is -9.12. The third kappa shape index (κ3) is 4.98. The van der Waals surface area contributed by atoms with Gasteiger partial charge in [0.15, 0.2) is 0 Å². The van der Waals surface area contributed by atoms with Crippen molar-refractivity contribution in [3.05, 3.63) is 54.1 Å². The lowest BCUT2D eigenvalue weighted by Crippen LogP contribution is -2.23. The van der Waals surface area contributed by atoms with Crippen LogP contribution in [-0.4, -0.2) is 34.5 Å². The Morgan fingerprint density at radius 2 is 1.41 bits per heavy atom. The van der Waals surface area contributed by atoms with Crippen LogP contribution in [0, 0.1) is 0 Å². The summed E-state index contributed by atoms with van der Waals surface area (Å²) >= 11 is 0. The van der Waals surface area contributed by atoms with E-state index in [0.29, 0.717) is 12.1 Å². The van der Waals surface area contributed by atoms with Crippen LogP contribution in [0.2, 0.25) is 0 Å². The van der Waals surface area contributed by atoms with E-state index < -0.39 is 36.2 Å². The number of sulfonamides is 1. The van der Waals surface area contributed by atoms with Gasteiger partial charge in [0.1, 0.15) is 0 Å². The third-order valence-corrected chi connectivity index (χ3v) is 5.30. The summed E-state index contributed by atoms with van der Waals surface area (Å²) in [6, 6.07) is 9.03. The number of amides is 1. The fourth-order valence-electron chi connectivity index (χ4n) is 1.99. The van der Waals surface area contributed by atoms with Gasteiger partial charge < -0.3 is 5.32 Å². The SMILES string of the molecule is CS(=O)(=O)Nc1ccccc1NC(=O)c1ccc(S(=O)(=O)C(F)(F)F)cc1. The first-order valence-electron chi connectivity index (χ1n) is 7.11. The topological polar surface area (TPSA) is 109 Å². The van der Waals surface area contributed by atoms with E-state index in [1.54, 1.807) is 0 Å². The van der Waals surface area contributed by atoms with E-state index in [1.807, 2.05) is 0 Å². The summed E-state index contributed by atoms with van der Waals surface area (Å²) in [6.07, 6.45) is 0.922. The number of carbonyl (C=O) groups excluding carboxylic acids is 1. The second-order valence-corrected chi connectivity index (χ2v) is 9.04. The zero-order chi connectivity index (χ0) is 20.5. The van der Waals surface area contributed by atoms with Gasteiger partial charge in [-0.2, -0.15) is 13.2 Å². The summed E-state index contributed by atoms with van der Waals surface area (Å²) in [4.78, 5) is 11.2. The maximum Gasteiger partial charge on any atom is 0.501 e. The van der Waals surface area contributed by atoms with Crippen molar-refractivity contribution in [2.45, 2.75) is 10.4 Å². The minimum atomic E-state index is -5.51. The molecule has 146 valence electrons. The number of para-hydroxylation sites is 2. The van der Waals surface area contributed by atoms with Crippen LogP contribution < -0.4 is 10.0 Å². The molecule has 0 aromatic heterocycles. The lowest BCUT2D eigenvalue weighted by molar-refractivity contribution is -0.0436. The molecule has 2 aromatic carbocycles. The lowest BCUT2D eigenvalue weighted by Gasteiger charge is -2.12. The Labute approximate surface area is 153 Å². The summed E-state index contributed by atoms with van der Waals surface area (Å²) < 4.78 is 85.1. The zero-order valence-electron chi connectivity index (χ0n) is 13.6. The van der Waals surface area contributed by atoms with Gasteiger partial charge in [0.25, 0.3) is 15.7 Å². The van der Waals surface area contributed by atoms with Gasteiger partial charge in [-0.1, -0.05) is 12.1 Å². The number of halogens is 3. The molecule has 0 unspecified atom stereocenters. The third-order valence-electron chi connectivity index (χ3n) is 3.20. The average Bonchev–Trinajstić information content (AvgIpc) is 2.54. The minimum absolute atomic E-state index is 0.0876. The molecule has 0 atom stereocenters. The molecule has 0 bridgehead atoms. The number of alkyl halides is 3. The van der Waals surface area contributed by atoms with Crippen molar-refractivity contribution in [2.24, 2.45) is 0 Å².